The largest absolute Gasteiger partial charge is 0.506 e. The van der Waals surface area contributed by atoms with Crippen molar-refractivity contribution < 1.29 is 9.90 Å². The van der Waals surface area contributed by atoms with Gasteiger partial charge in [0.15, 0.2) is 0 Å². The Morgan fingerprint density at radius 3 is 2.65 bits per heavy atom. The summed E-state index contributed by atoms with van der Waals surface area (Å²) in [6, 6.07) is 12.4. The van der Waals surface area contributed by atoms with Crippen LogP contribution >= 0.6 is 11.6 Å². The van der Waals surface area contributed by atoms with Crippen molar-refractivity contribution in [3.8, 4) is 11.4 Å². The van der Waals surface area contributed by atoms with Crippen LogP contribution in [0.15, 0.2) is 48.7 Å². The fourth-order valence-electron chi connectivity index (χ4n) is 2.84. The molecule has 1 aromatic heterocycles. The molecule has 3 aromatic rings. The molecule has 1 heterocycles. The zero-order valence-electron chi connectivity index (χ0n) is 14.8. The quantitative estimate of drug-likeness (QED) is 0.642. The van der Waals surface area contributed by atoms with E-state index < -0.39 is 0 Å². The fourth-order valence-corrected chi connectivity index (χ4v) is 3.02. The topological polar surface area (TPSA) is 67.2 Å². The van der Waals surface area contributed by atoms with E-state index in [1.54, 1.807) is 28.9 Å². The van der Waals surface area contributed by atoms with E-state index in [2.05, 4.69) is 10.4 Å². The molecule has 2 N–H and O–H groups in total. The summed E-state index contributed by atoms with van der Waals surface area (Å²) >= 11 is 6.09. The number of halogens is 1. The monoisotopic (exact) mass is 369 g/mol. The van der Waals surface area contributed by atoms with E-state index >= 15 is 0 Å². The second-order valence-electron chi connectivity index (χ2n) is 6.46. The number of nitrogens with one attached hydrogen (secondary N) is 1. The van der Waals surface area contributed by atoms with Crippen LogP contribution in [0.5, 0.6) is 5.75 Å². The molecule has 26 heavy (non-hydrogen) atoms. The lowest BCUT2D eigenvalue weighted by Gasteiger charge is -2.13. The van der Waals surface area contributed by atoms with Crippen LogP contribution in [0.1, 0.15) is 41.4 Å². The summed E-state index contributed by atoms with van der Waals surface area (Å²) in [5, 5.41) is 17.8. The van der Waals surface area contributed by atoms with Crippen LogP contribution in [0.3, 0.4) is 0 Å². The Bertz CT molecular complexity index is 963. The van der Waals surface area contributed by atoms with Gasteiger partial charge in [0.05, 0.1) is 28.8 Å². The van der Waals surface area contributed by atoms with E-state index in [1.807, 2.05) is 39.0 Å². The van der Waals surface area contributed by atoms with Gasteiger partial charge in [-0.1, -0.05) is 37.6 Å². The second kappa shape index (κ2) is 7.22. The summed E-state index contributed by atoms with van der Waals surface area (Å²) in [5.74, 6) is -0.225. The van der Waals surface area contributed by atoms with Gasteiger partial charge in [-0.25, -0.2) is 4.68 Å². The van der Waals surface area contributed by atoms with Crippen LogP contribution in [-0.4, -0.2) is 20.8 Å². The molecule has 0 fully saturated rings. The number of amides is 1. The number of carbonyl (C=O) groups excluding carboxylic acids is 1. The molecular formula is C20H20ClN3O2. The number of aromatic hydroxyl groups is 1. The summed E-state index contributed by atoms with van der Waals surface area (Å²) in [6.07, 6.45) is 1.54. The standard InChI is InChI=1S/C20H20ClN3O2/c1-12(2)19-16(11-22-24(19)15-6-4-5-14(21)10-15)20(26)23-17-8-7-13(3)9-18(17)25/h4-12,25H,1-3H3,(H,23,26). The molecule has 0 aliphatic carbocycles. The summed E-state index contributed by atoms with van der Waals surface area (Å²) in [7, 11) is 0. The number of hydrogen-bond donors (Lipinski definition) is 2. The zero-order valence-corrected chi connectivity index (χ0v) is 15.6. The van der Waals surface area contributed by atoms with E-state index in [0.717, 1.165) is 16.9 Å². The number of benzene rings is 2. The lowest BCUT2D eigenvalue weighted by Crippen LogP contribution is -2.15. The third kappa shape index (κ3) is 3.58. The van der Waals surface area contributed by atoms with Gasteiger partial charge in [0.2, 0.25) is 0 Å². The van der Waals surface area contributed by atoms with Crippen LogP contribution in [0.2, 0.25) is 5.02 Å². The maximum Gasteiger partial charge on any atom is 0.259 e. The first kappa shape index (κ1) is 18.0. The second-order valence-corrected chi connectivity index (χ2v) is 6.90. The first-order chi connectivity index (χ1) is 12.4. The van der Waals surface area contributed by atoms with E-state index in [9.17, 15) is 9.90 Å². The van der Waals surface area contributed by atoms with Gasteiger partial charge >= 0.3 is 0 Å². The lowest BCUT2D eigenvalue weighted by molar-refractivity contribution is 0.102. The number of nitrogens with zero attached hydrogens (tertiary/aromatic N) is 2. The zero-order chi connectivity index (χ0) is 18.8. The third-order valence-electron chi connectivity index (χ3n) is 4.05. The van der Waals surface area contributed by atoms with Crippen molar-refractivity contribution >= 4 is 23.2 Å². The predicted octanol–water partition coefficient (Wildman–Crippen LogP) is 4.92. The Morgan fingerprint density at radius 1 is 1.23 bits per heavy atom. The molecule has 134 valence electrons. The molecule has 2 aromatic carbocycles. The van der Waals surface area contributed by atoms with Crippen molar-refractivity contribution in [1.82, 2.24) is 9.78 Å². The van der Waals surface area contributed by atoms with Crippen LogP contribution in [0, 0.1) is 6.92 Å². The predicted molar refractivity (Wildman–Crippen MR) is 103 cm³/mol. The molecule has 3 rings (SSSR count). The number of hydrogen-bond acceptors (Lipinski definition) is 3. The molecule has 0 saturated heterocycles. The van der Waals surface area contributed by atoms with Gasteiger partial charge in [-0.05, 0) is 48.7 Å². The first-order valence-corrected chi connectivity index (χ1v) is 8.69. The molecule has 0 aliphatic heterocycles. The Morgan fingerprint density at radius 2 is 2.00 bits per heavy atom. The number of phenolic OH excluding ortho intramolecular Hbond substituents is 1. The molecule has 0 spiro atoms. The van der Waals surface area contributed by atoms with Gasteiger partial charge in [0.1, 0.15) is 5.75 Å². The molecule has 0 aliphatic rings. The van der Waals surface area contributed by atoms with Gasteiger partial charge in [-0.15, -0.1) is 0 Å². The summed E-state index contributed by atoms with van der Waals surface area (Å²) in [5.41, 5.74) is 3.30. The van der Waals surface area contributed by atoms with Crippen molar-refractivity contribution in [2.45, 2.75) is 26.7 Å². The molecule has 0 unspecified atom stereocenters. The fraction of sp³-hybridized carbons (Fsp3) is 0.200. The molecule has 0 bridgehead atoms. The van der Waals surface area contributed by atoms with Gasteiger partial charge in [0, 0.05) is 5.02 Å². The average Bonchev–Trinajstić information content (AvgIpc) is 3.03. The van der Waals surface area contributed by atoms with Crippen LogP contribution < -0.4 is 5.32 Å². The van der Waals surface area contributed by atoms with Gasteiger partial charge in [0.25, 0.3) is 5.91 Å². The van der Waals surface area contributed by atoms with Crippen LogP contribution in [0.4, 0.5) is 5.69 Å². The number of rotatable bonds is 4. The van der Waals surface area contributed by atoms with E-state index in [0.29, 0.717) is 16.3 Å². The summed E-state index contributed by atoms with van der Waals surface area (Å²) in [4.78, 5) is 12.8. The van der Waals surface area contributed by atoms with Gasteiger partial charge in [-0.3, -0.25) is 4.79 Å². The van der Waals surface area contributed by atoms with Crippen molar-refractivity contribution in [3.05, 3.63) is 70.5 Å². The Hall–Kier alpha value is -2.79. The highest BCUT2D eigenvalue weighted by Gasteiger charge is 2.21. The Kier molecular flexibility index (Phi) is 5.00. The number of carbonyl (C=O) groups is 1. The van der Waals surface area contributed by atoms with Crippen molar-refractivity contribution in [3.63, 3.8) is 0 Å². The molecule has 6 heteroatoms. The maximum absolute atomic E-state index is 12.8. The smallest absolute Gasteiger partial charge is 0.259 e. The third-order valence-corrected chi connectivity index (χ3v) is 4.29. The summed E-state index contributed by atoms with van der Waals surface area (Å²) < 4.78 is 1.72. The molecular weight excluding hydrogens is 350 g/mol. The lowest BCUT2D eigenvalue weighted by atomic mass is 10.0. The molecule has 0 atom stereocenters. The van der Waals surface area contributed by atoms with Gasteiger partial charge in [-0.2, -0.15) is 5.10 Å². The average molecular weight is 370 g/mol. The van der Waals surface area contributed by atoms with Crippen LogP contribution in [0.25, 0.3) is 5.69 Å². The normalized spacial score (nSPS) is 11.0. The van der Waals surface area contributed by atoms with Crippen molar-refractivity contribution in [2.24, 2.45) is 0 Å². The number of aromatic nitrogens is 2. The minimum atomic E-state index is -0.318. The van der Waals surface area contributed by atoms with E-state index in [4.69, 9.17) is 11.6 Å². The molecule has 0 saturated carbocycles. The summed E-state index contributed by atoms with van der Waals surface area (Å²) in [6.45, 7) is 5.87. The van der Waals surface area contributed by atoms with E-state index in [1.165, 1.54) is 6.20 Å². The first-order valence-electron chi connectivity index (χ1n) is 8.31. The number of aryl methyl sites for hydroxylation is 1. The minimum Gasteiger partial charge on any atom is -0.506 e. The number of anilines is 1. The van der Waals surface area contributed by atoms with Crippen molar-refractivity contribution in [1.29, 1.82) is 0 Å². The maximum atomic E-state index is 12.8. The molecule has 0 radical (unpaired) electrons. The SMILES string of the molecule is Cc1ccc(NC(=O)c2cnn(-c3cccc(Cl)c3)c2C(C)C)c(O)c1. The Balaban J connectivity index is 1.98. The Labute approximate surface area is 157 Å². The van der Waals surface area contributed by atoms with Gasteiger partial charge < -0.3 is 10.4 Å². The molecule has 1 amide bonds. The van der Waals surface area contributed by atoms with Crippen molar-refractivity contribution in [2.75, 3.05) is 5.32 Å². The molecule has 5 nitrogen and oxygen atoms in total. The highest BCUT2D eigenvalue weighted by Crippen LogP contribution is 2.28. The highest BCUT2D eigenvalue weighted by atomic mass is 35.5. The van der Waals surface area contributed by atoms with Crippen LogP contribution in [-0.2, 0) is 0 Å². The highest BCUT2D eigenvalue weighted by molar-refractivity contribution is 6.30. The number of phenols is 1. The minimum absolute atomic E-state index is 0.0340. The van der Waals surface area contributed by atoms with E-state index in [-0.39, 0.29) is 17.6 Å².